The Morgan fingerprint density at radius 1 is 1.29 bits per heavy atom. The minimum absolute atomic E-state index is 0.806. The molecule has 3 rings (SSSR count). The van der Waals surface area contributed by atoms with Crippen molar-refractivity contribution >= 4 is 5.57 Å². The van der Waals surface area contributed by atoms with Crippen molar-refractivity contribution in [2.45, 2.75) is 52.4 Å². The smallest absolute Gasteiger partial charge is 0.141 e. The quantitative estimate of drug-likeness (QED) is 0.776. The van der Waals surface area contributed by atoms with E-state index < -0.39 is 0 Å². The third-order valence-corrected chi connectivity index (χ3v) is 4.15. The highest BCUT2D eigenvalue weighted by Crippen LogP contribution is 2.41. The van der Waals surface area contributed by atoms with Gasteiger partial charge in [-0.2, -0.15) is 0 Å². The van der Waals surface area contributed by atoms with Crippen molar-refractivity contribution in [3.63, 3.8) is 0 Å². The molecular formula is C15H21NO. The summed E-state index contributed by atoms with van der Waals surface area (Å²) in [6, 6.07) is 0. The summed E-state index contributed by atoms with van der Waals surface area (Å²) in [6.45, 7) is 4.08. The minimum atomic E-state index is 0.806. The lowest BCUT2D eigenvalue weighted by molar-refractivity contribution is 0.393. The third kappa shape index (κ3) is 2.31. The number of hydrogen-bond acceptors (Lipinski definition) is 2. The van der Waals surface area contributed by atoms with Crippen molar-refractivity contribution in [2.24, 2.45) is 11.8 Å². The maximum Gasteiger partial charge on any atom is 0.141 e. The summed E-state index contributed by atoms with van der Waals surface area (Å²) in [6.07, 6.45) is 10.7. The Kier molecular flexibility index (Phi) is 2.81. The topological polar surface area (TPSA) is 26.0 Å². The molecular weight excluding hydrogens is 210 g/mol. The number of rotatable bonds is 3. The summed E-state index contributed by atoms with van der Waals surface area (Å²) < 4.78 is 5.29. The molecule has 1 atom stereocenters. The SMILES string of the molecule is Cc1noc(C)c1C1=CC(CC2CC2)CCC1. The molecule has 0 amide bonds. The van der Waals surface area contributed by atoms with Gasteiger partial charge in [0.05, 0.1) is 5.69 Å². The fourth-order valence-electron chi connectivity index (χ4n) is 3.12. The van der Waals surface area contributed by atoms with Gasteiger partial charge in [-0.15, -0.1) is 0 Å². The van der Waals surface area contributed by atoms with Crippen molar-refractivity contribution in [2.75, 3.05) is 0 Å². The number of hydrogen-bond donors (Lipinski definition) is 0. The molecule has 0 N–H and O–H groups in total. The van der Waals surface area contributed by atoms with Gasteiger partial charge in [0.15, 0.2) is 0 Å². The molecule has 1 aromatic rings. The van der Waals surface area contributed by atoms with Gasteiger partial charge in [0, 0.05) is 5.56 Å². The Bertz CT molecular complexity index is 420. The van der Waals surface area contributed by atoms with Crippen LogP contribution in [0.25, 0.3) is 5.57 Å². The highest BCUT2D eigenvalue weighted by Gasteiger charge is 2.27. The molecule has 2 heteroatoms. The van der Waals surface area contributed by atoms with Gasteiger partial charge in [-0.25, -0.2) is 0 Å². The van der Waals surface area contributed by atoms with Crippen molar-refractivity contribution < 1.29 is 4.52 Å². The molecule has 0 spiro atoms. The summed E-state index contributed by atoms with van der Waals surface area (Å²) >= 11 is 0. The third-order valence-electron chi connectivity index (χ3n) is 4.15. The van der Waals surface area contributed by atoms with Crippen molar-refractivity contribution in [1.82, 2.24) is 5.16 Å². The molecule has 0 aliphatic heterocycles. The number of aromatic nitrogens is 1. The van der Waals surface area contributed by atoms with Crippen LogP contribution < -0.4 is 0 Å². The van der Waals surface area contributed by atoms with E-state index in [1.54, 1.807) is 0 Å². The first-order chi connectivity index (χ1) is 8.24. The van der Waals surface area contributed by atoms with E-state index in [1.807, 2.05) is 6.92 Å². The average Bonchev–Trinajstić information content (AvgIpc) is 3.05. The van der Waals surface area contributed by atoms with E-state index in [-0.39, 0.29) is 0 Å². The maximum atomic E-state index is 5.29. The molecule has 2 aliphatic carbocycles. The van der Waals surface area contributed by atoms with Crippen LogP contribution in [0.1, 0.15) is 55.5 Å². The first-order valence-corrected chi connectivity index (χ1v) is 6.88. The van der Waals surface area contributed by atoms with Crippen LogP contribution in [0.2, 0.25) is 0 Å². The lowest BCUT2D eigenvalue weighted by atomic mass is 9.84. The van der Waals surface area contributed by atoms with Crippen LogP contribution in [0.15, 0.2) is 10.6 Å². The average molecular weight is 231 g/mol. The van der Waals surface area contributed by atoms with E-state index in [4.69, 9.17) is 4.52 Å². The summed E-state index contributed by atoms with van der Waals surface area (Å²) in [5, 5.41) is 4.07. The van der Waals surface area contributed by atoms with E-state index in [0.717, 1.165) is 23.3 Å². The highest BCUT2D eigenvalue weighted by atomic mass is 16.5. The lowest BCUT2D eigenvalue weighted by Gasteiger charge is -2.21. The van der Waals surface area contributed by atoms with Crippen molar-refractivity contribution in [1.29, 1.82) is 0 Å². The van der Waals surface area contributed by atoms with E-state index in [0.29, 0.717) is 0 Å². The molecule has 0 aromatic carbocycles. The zero-order chi connectivity index (χ0) is 11.8. The van der Waals surface area contributed by atoms with Gasteiger partial charge < -0.3 is 4.52 Å². The Labute approximate surface area is 103 Å². The molecule has 1 heterocycles. The second-order valence-electron chi connectivity index (χ2n) is 5.72. The van der Waals surface area contributed by atoms with Gasteiger partial charge in [-0.3, -0.25) is 0 Å². The van der Waals surface area contributed by atoms with E-state index >= 15 is 0 Å². The minimum Gasteiger partial charge on any atom is -0.361 e. The molecule has 1 aromatic heterocycles. The molecule has 92 valence electrons. The van der Waals surface area contributed by atoms with E-state index in [1.165, 1.54) is 49.7 Å². The first-order valence-electron chi connectivity index (χ1n) is 6.88. The predicted molar refractivity (Wildman–Crippen MR) is 68.6 cm³/mol. The molecule has 1 fully saturated rings. The lowest BCUT2D eigenvalue weighted by Crippen LogP contribution is -2.06. The normalized spacial score (nSPS) is 24.8. The monoisotopic (exact) mass is 231 g/mol. The molecule has 0 saturated heterocycles. The second-order valence-corrected chi connectivity index (χ2v) is 5.72. The van der Waals surface area contributed by atoms with Crippen LogP contribution >= 0.6 is 0 Å². The molecule has 0 radical (unpaired) electrons. The molecule has 1 unspecified atom stereocenters. The number of aryl methyl sites for hydroxylation is 2. The summed E-state index contributed by atoms with van der Waals surface area (Å²) in [5.41, 5.74) is 3.82. The van der Waals surface area contributed by atoms with Crippen LogP contribution in [-0.2, 0) is 0 Å². The van der Waals surface area contributed by atoms with Crippen molar-refractivity contribution in [3.05, 3.63) is 23.1 Å². The van der Waals surface area contributed by atoms with E-state index in [2.05, 4.69) is 18.2 Å². The van der Waals surface area contributed by atoms with Crippen LogP contribution in [0.4, 0.5) is 0 Å². The summed E-state index contributed by atoms with van der Waals surface area (Å²) in [4.78, 5) is 0. The molecule has 0 bridgehead atoms. The highest BCUT2D eigenvalue weighted by molar-refractivity contribution is 5.69. The van der Waals surface area contributed by atoms with E-state index in [9.17, 15) is 0 Å². The molecule has 2 nitrogen and oxygen atoms in total. The Morgan fingerprint density at radius 2 is 2.12 bits per heavy atom. The van der Waals surface area contributed by atoms with Crippen LogP contribution in [-0.4, -0.2) is 5.16 Å². The maximum absolute atomic E-state index is 5.29. The Morgan fingerprint density at radius 3 is 2.76 bits per heavy atom. The van der Waals surface area contributed by atoms with Gasteiger partial charge >= 0.3 is 0 Å². The van der Waals surface area contributed by atoms with Gasteiger partial charge in [0.2, 0.25) is 0 Å². The molecule has 17 heavy (non-hydrogen) atoms. The zero-order valence-corrected chi connectivity index (χ0v) is 10.8. The standard InChI is InChI=1S/C15H21NO/c1-10-15(11(2)17-16-10)14-5-3-4-13(9-14)8-12-6-7-12/h9,12-13H,3-8H2,1-2H3. The van der Waals surface area contributed by atoms with Gasteiger partial charge in [0.25, 0.3) is 0 Å². The zero-order valence-electron chi connectivity index (χ0n) is 10.8. The fraction of sp³-hybridized carbons (Fsp3) is 0.667. The predicted octanol–water partition coefficient (Wildman–Crippen LogP) is 4.28. The van der Waals surface area contributed by atoms with Gasteiger partial charge in [-0.05, 0) is 56.9 Å². The molecule has 2 aliphatic rings. The van der Waals surface area contributed by atoms with Gasteiger partial charge in [0.1, 0.15) is 5.76 Å². The van der Waals surface area contributed by atoms with Crippen LogP contribution in [0.5, 0.6) is 0 Å². The number of nitrogens with zero attached hydrogens (tertiary/aromatic N) is 1. The van der Waals surface area contributed by atoms with Gasteiger partial charge in [-0.1, -0.05) is 24.1 Å². The van der Waals surface area contributed by atoms with Crippen LogP contribution in [0.3, 0.4) is 0 Å². The fourth-order valence-corrected chi connectivity index (χ4v) is 3.12. The first kappa shape index (κ1) is 11.1. The Hall–Kier alpha value is -1.05. The largest absolute Gasteiger partial charge is 0.361 e. The number of allylic oxidation sites excluding steroid dienone is 2. The second kappa shape index (κ2) is 4.32. The summed E-state index contributed by atoms with van der Waals surface area (Å²) in [5.74, 6) is 2.82. The Balaban J connectivity index is 1.83. The summed E-state index contributed by atoms with van der Waals surface area (Å²) in [7, 11) is 0. The van der Waals surface area contributed by atoms with Crippen molar-refractivity contribution in [3.8, 4) is 0 Å². The van der Waals surface area contributed by atoms with Crippen LogP contribution in [0, 0.1) is 25.7 Å². The molecule has 1 saturated carbocycles.